The molecular formula is C22H28N8O13P2+2. The Hall–Kier alpha value is -3.04. The van der Waals surface area contributed by atoms with E-state index in [1.54, 1.807) is 6.92 Å². The molecule has 8 N–H and O–H groups in total. The Balaban J connectivity index is 1.19. The molecule has 7 rings (SSSR count). The minimum absolute atomic E-state index is 0.000407. The molecule has 7 heterocycles. The number of H-pyrrole nitrogens is 2. The van der Waals surface area contributed by atoms with Crippen LogP contribution in [0.3, 0.4) is 0 Å². The van der Waals surface area contributed by atoms with Crippen LogP contribution in [0, 0.1) is 6.92 Å². The summed E-state index contributed by atoms with van der Waals surface area (Å²) in [5.74, 6) is -0.392. The zero-order valence-electron chi connectivity index (χ0n) is 23.1. The second-order valence-corrected chi connectivity index (χ2v) is 13.5. The molecule has 0 radical (unpaired) electrons. The van der Waals surface area contributed by atoms with Gasteiger partial charge in [-0.05, 0) is 6.92 Å². The third-order valence-electron chi connectivity index (χ3n) is 7.78. The third-order valence-corrected chi connectivity index (χ3v) is 9.75. The Labute approximate surface area is 251 Å². The molecule has 10 atom stereocenters. The van der Waals surface area contributed by atoms with Crippen LogP contribution in [0.2, 0.25) is 0 Å². The molecule has 0 amide bonds. The van der Waals surface area contributed by atoms with E-state index in [1.165, 1.54) is 28.1 Å². The molecule has 3 aromatic heterocycles. The average Bonchev–Trinajstić information content (AvgIpc) is 3.72. The van der Waals surface area contributed by atoms with Crippen molar-refractivity contribution in [2.45, 2.75) is 62.4 Å². The number of phosphoric ester groups is 2. The van der Waals surface area contributed by atoms with Gasteiger partial charge in [0.15, 0.2) is 36.4 Å². The number of phosphoric acid groups is 2. The number of carbonyl (C=O) groups is 1. The van der Waals surface area contributed by atoms with Gasteiger partial charge in [-0.1, -0.05) is 9.98 Å². The van der Waals surface area contributed by atoms with Gasteiger partial charge in [-0.2, -0.15) is 0 Å². The molecule has 45 heavy (non-hydrogen) atoms. The van der Waals surface area contributed by atoms with Gasteiger partial charge < -0.3 is 35.2 Å². The van der Waals surface area contributed by atoms with Crippen molar-refractivity contribution in [3.63, 3.8) is 0 Å². The Morgan fingerprint density at radius 3 is 2.36 bits per heavy atom. The topological polar surface area (TPSA) is 291 Å². The van der Waals surface area contributed by atoms with Crippen LogP contribution < -0.4 is 14.9 Å². The molecule has 4 aliphatic heterocycles. The lowest BCUT2D eigenvalue weighted by atomic mass is 10.1. The van der Waals surface area contributed by atoms with E-state index in [9.17, 15) is 33.9 Å². The second-order valence-electron chi connectivity index (χ2n) is 10.7. The summed E-state index contributed by atoms with van der Waals surface area (Å²) in [6, 6.07) is 0. The number of aliphatic hydroxyl groups excluding tert-OH is 2. The zero-order valence-corrected chi connectivity index (χ0v) is 24.9. The van der Waals surface area contributed by atoms with Crippen LogP contribution in [0.4, 0.5) is 5.82 Å². The summed E-state index contributed by atoms with van der Waals surface area (Å²) in [4.78, 5) is 51.9. The molecule has 3 fully saturated rings. The predicted octanol–water partition coefficient (Wildman–Crippen LogP) is -2.02. The largest absolute Gasteiger partial charge is 0.472 e. The lowest BCUT2D eigenvalue weighted by molar-refractivity contribution is -0.753. The predicted molar refractivity (Wildman–Crippen MR) is 141 cm³/mol. The first-order valence-electron chi connectivity index (χ1n) is 13.5. The van der Waals surface area contributed by atoms with Gasteiger partial charge in [0.05, 0.1) is 25.3 Å². The number of rotatable bonds is 2. The van der Waals surface area contributed by atoms with E-state index in [2.05, 4.69) is 24.9 Å². The summed E-state index contributed by atoms with van der Waals surface area (Å²) in [5, 5.41) is 22.2. The van der Waals surface area contributed by atoms with Crippen molar-refractivity contribution < 1.29 is 70.6 Å². The van der Waals surface area contributed by atoms with Crippen LogP contribution in [0.25, 0.3) is 11.2 Å². The number of aromatic amines is 2. The normalized spacial score (nSPS) is 39.0. The van der Waals surface area contributed by atoms with E-state index in [4.69, 9.17) is 33.3 Å². The van der Waals surface area contributed by atoms with Crippen molar-refractivity contribution in [3.05, 3.63) is 30.4 Å². The summed E-state index contributed by atoms with van der Waals surface area (Å²) in [7, 11) is -10.1. The quantitative estimate of drug-likeness (QED) is 0.114. The van der Waals surface area contributed by atoms with Gasteiger partial charge in [0.25, 0.3) is 0 Å². The number of nitrogens with zero attached hydrogens (tertiary/aromatic N) is 5. The first-order valence-corrected chi connectivity index (χ1v) is 16.5. The van der Waals surface area contributed by atoms with Gasteiger partial charge in [0, 0.05) is 0 Å². The molecule has 0 aromatic carbocycles. The van der Waals surface area contributed by atoms with E-state index in [-0.39, 0.29) is 29.6 Å². The van der Waals surface area contributed by atoms with Crippen molar-refractivity contribution in [2.75, 3.05) is 13.2 Å². The highest BCUT2D eigenvalue weighted by atomic mass is 31.2. The Bertz CT molecular complexity index is 1800. The molecular weight excluding hydrogens is 646 g/mol. The maximum atomic E-state index is 13.2. The summed E-state index contributed by atoms with van der Waals surface area (Å²) >= 11 is 0. The molecule has 0 aliphatic carbocycles. The fourth-order valence-corrected chi connectivity index (χ4v) is 7.55. The second kappa shape index (κ2) is 11.0. The highest BCUT2D eigenvalue weighted by Gasteiger charge is 2.56. The zero-order chi connectivity index (χ0) is 31.8. The van der Waals surface area contributed by atoms with Crippen molar-refractivity contribution in [2.24, 2.45) is 10.7 Å². The van der Waals surface area contributed by atoms with Crippen molar-refractivity contribution in [3.8, 4) is 0 Å². The Morgan fingerprint density at radius 2 is 1.60 bits per heavy atom. The van der Waals surface area contributed by atoms with Gasteiger partial charge in [-0.3, -0.25) is 32.9 Å². The van der Waals surface area contributed by atoms with Gasteiger partial charge >= 0.3 is 27.1 Å². The van der Waals surface area contributed by atoms with E-state index in [1.807, 2.05) is 0 Å². The van der Waals surface area contributed by atoms with E-state index < -0.39 is 77.9 Å². The number of nitrogens with two attached hydrogens (primary N) is 1. The van der Waals surface area contributed by atoms with Crippen LogP contribution in [0.5, 0.6) is 0 Å². The lowest BCUT2D eigenvalue weighted by Gasteiger charge is -2.24. The Kier molecular flexibility index (Phi) is 7.51. The number of aryl methyl sites for hydroxylation is 1. The third kappa shape index (κ3) is 5.43. The smallest absolute Gasteiger partial charge is 0.387 e. The fraction of sp³-hybridized carbons (Fsp3) is 0.545. The van der Waals surface area contributed by atoms with Gasteiger partial charge in [0.2, 0.25) is 23.9 Å². The van der Waals surface area contributed by atoms with Gasteiger partial charge in [-0.25, -0.2) is 23.2 Å². The molecule has 4 aliphatic rings. The van der Waals surface area contributed by atoms with Crippen LogP contribution >= 0.6 is 15.6 Å². The van der Waals surface area contributed by atoms with Crippen LogP contribution in [-0.4, -0.2) is 101 Å². The number of fused-ring (bicyclic) bond motifs is 5. The molecule has 2 bridgehead atoms. The Morgan fingerprint density at radius 1 is 0.933 bits per heavy atom. The maximum Gasteiger partial charge on any atom is 0.472 e. The summed E-state index contributed by atoms with van der Waals surface area (Å²) in [6.45, 7) is 0.165. The number of ketones is 1. The van der Waals surface area contributed by atoms with E-state index in [0.29, 0.717) is 16.9 Å². The minimum Gasteiger partial charge on any atom is -0.387 e. The van der Waals surface area contributed by atoms with Crippen molar-refractivity contribution >= 4 is 44.2 Å². The number of carbonyl (C=O) groups excluding carboxylic acids is 1. The summed E-state index contributed by atoms with van der Waals surface area (Å²) in [5.41, 5.74) is 7.30. The maximum absolute atomic E-state index is 13.2. The minimum atomic E-state index is -5.07. The molecule has 21 nitrogen and oxygen atoms in total. The number of hydrogen-bond acceptors (Lipinski definition) is 15. The van der Waals surface area contributed by atoms with Gasteiger partial charge in [0.1, 0.15) is 30.5 Å². The number of amidine groups is 1. The lowest BCUT2D eigenvalue weighted by Crippen LogP contribution is -2.46. The first-order chi connectivity index (χ1) is 21.3. The van der Waals surface area contributed by atoms with Crippen LogP contribution in [0.15, 0.2) is 24.0 Å². The number of Topliss-reactive ketones (excluding diaryl/α,β-unsaturated/α-hetero) is 1. The van der Waals surface area contributed by atoms with Crippen LogP contribution in [0.1, 0.15) is 35.1 Å². The highest BCUT2D eigenvalue weighted by Crippen LogP contribution is 2.53. The number of imidazole rings is 2. The molecule has 0 saturated carbocycles. The fourth-order valence-electron chi connectivity index (χ4n) is 5.66. The standard InChI is InChI=1S/C22H26N8O13P2/c1-8-13-19(25-5-24-8)29(6-26-13)21-16(33)17-11(41-21)4-39-45(36,37)43-18-15(32)10(3-38-44(34,35)42-17)40-22(18)30-7-27-14-9(31)2-12(23)28-20(14)30/h5-7,10-11,15-18,21-22,32-33H,2-4H2,1H3,(H4,23,28,31,34,35,36,37)/p+2/t10-,11-,15-,16-,17-,18-,21-,22-/m1/s1. The van der Waals surface area contributed by atoms with E-state index >= 15 is 0 Å². The highest BCUT2D eigenvalue weighted by molar-refractivity contribution is 7.47. The van der Waals surface area contributed by atoms with Gasteiger partial charge in [-0.15, -0.1) is 0 Å². The van der Waals surface area contributed by atoms with Crippen molar-refractivity contribution in [1.82, 2.24) is 19.9 Å². The first kappa shape index (κ1) is 30.6. The molecule has 3 saturated heterocycles. The molecule has 3 aromatic rings. The van der Waals surface area contributed by atoms with Crippen molar-refractivity contribution in [1.29, 1.82) is 0 Å². The average molecular weight is 674 g/mol. The van der Waals surface area contributed by atoms with E-state index in [0.717, 1.165) is 0 Å². The number of hydrogen-bond donors (Lipinski definition) is 7. The molecule has 0 spiro atoms. The number of nitrogens with one attached hydrogen (secondary N) is 2. The number of aliphatic imine (C=N–C) groups is 1. The number of aliphatic hydroxyl groups is 2. The number of ether oxygens (including phenoxy) is 2. The monoisotopic (exact) mass is 674 g/mol. The summed E-state index contributed by atoms with van der Waals surface area (Å²) < 4.78 is 61.7. The SMILES string of the molecule is Cc1ncnc2c1[nH]c[n+]2[C@@H]1O[C@@H]2COP(=O)(O)O[C@@H]3[C@H](O)[C@@H](COP(=O)(O)O[C@H]2[C@H]1O)O[C@H]3[n+]1c[nH]c2c1N=C(N)CC2=O. The molecule has 2 unspecified atom stereocenters. The summed E-state index contributed by atoms with van der Waals surface area (Å²) in [6.07, 6.45) is -8.32. The number of aromatic nitrogens is 6. The molecule has 242 valence electrons. The van der Waals surface area contributed by atoms with Crippen LogP contribution in [-0.2, 0) is 36.7 Å². The molecule has 23 heteroatoms.